The number of rotatable bonds is 26. The second-order valence-corrected chi connectivity index (χ2v) is 15.1. The van der Waals surface area contributed by atoms with Crippen molar-refractivity contribution in [1.29, 1.82) is 0 Å². The van der Waals surface area contributed by atoms with Crippen molar-refractivity contribution >= 4 is 17.7 Å². The van der Waals surface area contributed by atoms with Crippen LogP contribution in [-0.4, -0.2) is 99.5 Å². The van der Waals surface area contributed by atoms with E-state index in [1.165, 1.54) is 0 Å². The molecule has 0 radical (unpaired) electrons. The SMILES string of the molecule is CC.CC.CC.CC.CC.CC(C)CC(C)(C)C(C)(C)OCCC(C)(C)O.CNC(=O)C(CCCCNC(=O)C(CCCCN)NC)NC(=O)C(CCCCN)NC. The van der Waals surface area contributed by atoms with Crippen LogP contribution < -0.4 is 38.1 Å². The highest BCUT2D eigenvalue weighted by atomic mass is 16.5. The predicted molar refractivity (Wildman–Crippen MR) is 255 cm³/mol. The summed E-state index contributed by atoms with van der Waals surface area (Å²) >= 11 is 0. The van der Waals surface area contributed by atoms with Crippen molar-refractivity contribution in [2.24, 2.45) is 22.8 Å². The van der Waals surface area contributed by atoms with Gasteiger partial charge < -0.3 is 47.9 Å². The number of unbranched alkanes of at least 4 members (excludes halogenated alkanes) is 3. The molecule has 0 saturated carbocycles. The first-order valence-electron chi connectivity index (χ1n) is 23.2. The number of hydrogen-bond acceptors (Lipinski definition) is 9. The molecule has 0 aliphatic heterocycles. The smallest absolute Gasteiger partial charge is 0.242 e. The lowest BCUT2D eigenvalue weighted by Gasteiger charge is -2.43. The average Bonchev–Trinajstić information content (AvgIpc) is 3.20. The summed E-state index contributed by atoms with van der Waals surface area (Å²) < 4.78 is 6.01. The maximum atomic E-state index is 12.5. The van der Waals surface area contributed by atoms with E-state index in [9.17, 15) is 19.5 Å². The fraction of sp³-hybridized carbons (Fsp3) is 0.935. The van der Waals surface area contributed by atoms with Crippen molar-refractivity contribution in [2.75, 3.05) is 47.4 Å². The Morgan fingerprint density at radius 3 is 1.36 bits per heavy atom. The number of amides is 3. The van der Waals surface area contributed by atoms with Crippen molar-refractivity contribution < 1.29 is 24.2 Å². The summed E-state index contributed by atoms with van der Waals surface area (Å²) in [6.07, 6.45) is 8.68. The Bertz CT molecular complexity index is 866. The van der Waals surface area contributed by atoms with E-state index in [2.05, 4.69) is 68.1 Å². The van der Waals surface area contributed by atoms with Crippen LogP contribution in [0, 0.1) is 11.3 Å². The van der Waals surface area contributed by atoms with Gasteiger partial charge in [-0.3, -0.25) is 14.4 Å². The summed E-state index contributed by atoms with van der Waals surface area (Å²) in [5.74, 6) is 0.243. The van der Waals surface area contributed by atoms with Crippen LogP contribution in [0.4, 0.5) is 0 Å². The van der Waals surface area contributed by atoms with Gasteiger partial charge in [0.15, 0.2) is 0 Å². The van der Waals surface area contributed by atoms with E-state index in [1.54, 1.807) is 21.1 Å². The molecular weight excluding hydrogens is 731 g/mol. The second kappa shape index (κ2) is 47.8. The van der Waals surface area contributed by atoms with Gasteiger partial charge >= 0.3 is 0 Å². The number of carbonyl (C=O) groups excluding carboxylic acids is 3. The number of likely N-dealkylation sites (N-methyl/N-ethyl adjacent to an activating group) is 3. The first-order valence-corrected chi connectivity index (χ1v) is 23.2. The van der Waals surface area contributed by atoms with E-state index in [1.807, 2.05) is 83.1 Å². The van der Waals surface area contributed by atoms with Crippen LogP contribution >= 0.6 is 0 Å². The third-order valence-electron chi connectivity index (χ3n) is 9.05. The minimum absolute atomic E-state index is 0.0231. The largest absolute Gasteiger partial charge is 0.390 e. The third-order valence-corrected chi connectivity index (χ3v) is 9.05. The lowest BCUT2D eigenvalue weighted by Crippen LogP contribution is -2.51. The lowest BCUT2D eigenvalue weighted by atomic mass is 9.72. The van der Waals surface area contributed by atoms with E-state index in [4.69, 9.17) is 16.2 Å². The summed E-state index contributed by atoms with van der Waals surface area (Å²) in [5.41, 5.74) is 10.3. The van der Waals surface area contributed by atoms with E-state index >= 15 is 0 Å². The normalized spacial score (nSPS) is 12.2. The fourth-order valence-electron chi connectivity index (χ4n) is 5.34. The Kier molecular flexibility index (Phi) is 58.3. The highest BCUT2D eigenvalue weighted by Crippen LogP contribution is 2.39. The molecule has 0 aromatic carbocycles. The molecule has 0 fully saturated rings. The van der Waals surface area contributed by atoms with E-state index < -0.39 is 11.6 Å². The van der Waals surface area contributed by atoms with Gasteiger partial charge in [0.1, 0.15) is 6.04 Å². The minimum atomic E-state index is -0.641. The van der Waals surface area contributed by atoms with Gasteiger partial charge in [0, 0.05) is 13.6 Å². The van der Waals surface area contributed by atoms with Crippen molar-refractivity contribution in [1.82, 2.24) is 26.6 Å². The van der Waals surface area contributed by atoms with Gasteiger partial charge in [0.05, 0.1) is 29.9 Å². The molecular formula is C46H107N7O5. The molecule has 0 rings (SSSR count). The molecule has 10 N–H and O–H groups in total. The summed E-state index contributed by atoms with van der Waals surface area (Å²) in [4.78, 5) is 37.0. The lowest BCUT2D eigenvalue weighted by molar-refractivity contribution is -0.130. The van der Waals surface area contributed by atoms with Crippen LogP contribution in [0.5, 0.6) is 0 Å². The van der Waals surface area contributed by atoms with Crippen LogP contribution in [0.3, 0.4) is 0 Å². The van der Waals surface area contributed by atoms with Crippen LogP contribution in [0.15, 0.2) is 0 Å². The Morgan fingerprint density at radius 1 is 0.603 bits per heavy atom. The van der Waals surface area contributed by atoms with Gasteiger partial charge in [-0.1, -0.05) is 110 Å². The first kappa shape index (κ1) is 70.7. The topological polar surface area (TPSA) is 193 Å². The summed E-state index contributed by atoms with van der Waals surface area (Å²) in [6.45, 7) is 39.3. The monoisotopic (exact) mass is 838 g/mol. The average molecular weight is 838 g/mol. The zero-order chi connectivity index (χ0) is 47.4. The Balaban J connectivity index is -0.000000162. The Labute approximate surface area is 362 Å². The Morgan fingerprint density at radius 2 is 1.00 bits per heavy atom. The van der Waals surface area contributed by atoms with Gasteiger partial charge in [0.2, 0.25) is 17.7 Å². The molecule has 3 atom stereocenters. The molecule has 12 nitrogen and oxygen atoms in total. The van der Waals surface area contributed by atoms with E-state index in [0.29, 0.717) is 57.8 Å². The molecule has 3 unspecified atom stereocenters. The van der Waals surface area contributed by atoms with Crippen molar-refractivity contribution in [3.63, 3.8) is 0 Å². The standard InChI is InChI=1S/C21H45N7O3.C15H32O2.5C2H6/c1-24-16(10-4-7-13-22)20(30)27-15-9-6-12-18(19(29)26-3)28-21(31)17(25-2)11-5-8-14-23;1-12(2)11-13(3,4)15(7,8)17-10-9-14(5,6)16;5*1-2/h16-18,24-25H,4-15,22-23H2,1-3H3,(H,26,29)(H,27,30)(H,28,31);12,16H,9-11H2,1-8H3;5*1-2H3. The molecule has 0 aliphatic carbocycles. The Hall–Kier alpha value is -1.83. The molecule has 58 heavy (non-hydrogen) atoms. The van der Waals surface area contributed by atoms with Crippen LogP contribution in [0.25, 0.3) is 0 Å². The zero-order valence-corrected chi connectivity index (χ0v) is 42.7. The maximum Gasteiger partial charge on any atom is 0.242 e. The number of nitrogens with one attached hydrogen (secondary N) is 5. The minimum Gasteiger partial charge on any atom is -0.390 e. The number of hydrogen-bond donors (Lipinski definition) is 8. The quantitative estimate of drug-likeness (QED) is 0.0398. The molecule has 0 aliphatic rings. The zero-order valence-electron chi connectivity index (χ0n) is 42.7. The molecule has 0 aromatic heterocycles. The first-order chi connectivity index (χ1) is 27.3. The van der Waals surface area contributed by atoms with Gasteiger partial charge in [-0.05, 0) is 124 Å². The van der Waals surface area contributed by atoms with Crippen molar-refractivity contribution in [2.45, 2.75) is 225 Å². The molecule has 12 heteroatoms. The van der Waals surface area contributed by atoms with Crippen molar-refractivity contribution in [3.8, 4) is 0 Å². The number of nitrogens with two attached hydrogens (primary N) is 2. The maximum absolute atomic E-state index is 12.5. The van der Waals surface area contributed by atoms with Gasteiger partial charge in [-0.15, -0.1) is 0 Å². The van der Waals surface area contributed by atoms with E-state index in [-0.39, 0.29) is 40.8 Å². The highest BCUT2D eigenvalue weighted by Gasteiger charge is 2.38. The molecule has 0 aromatic rings. The van der Waals surface area contributed by atoms with Crippen LogP contribution in [-0.2, 0) is 19.1 Å². The molecule has 0 spiro atoms. The summed E-state index contributed by atoms with van der Waals surface area (Å²) in [7, 11) is 5.07. The van der Waals surface area contributed by atoms with Crippen LogP contribution in [0.1, 0.15) is 195 Å². The molecule has 0 heterocycles. The van der Waals surface area contributed by atoms with Crippen molar-refractivity contribution in [3.05, 3.63) is 0 Å². The molecule has 0 bridgehead atoms. The van der Waals surface area contributed by atoms with Crippen LogP contribution in [0.2, 0.25) is 0 Å². The summed E-state index contributed by atoms with van der Waals surface area (Å²) in [6, 6.07) is -1.17. The second-order valence-electron chi connectivity index (χ2n) is 15.1. The molecule has 0 saturated heterocycles. The number of aliphatic hydroxyl groups is 1. The predicted octanol–water partition coefficient (Wildman–Crippen LogP) is 8.08. The number of carbonyl (C=O) groups is 3. The molecule has 356 valence electrons. The summed E-state index contributed by atoms with van der Waals surface area (Å²) in [5, 5.41) is 24.1. The van der Waals surface area contributed by atoms with E-state index in [0.717, 1.165) is 44.9 Å². The fourth-order valence-corrected chi connectivity index (χ4v) is 5.34. The highest BCUT2D eigenvalue weighted by molar-refractivity contribution is 5.89. The third kappa shape index (κ3) is 42.3. The molecule has 3 amide bonds. The van der Waals surface area contributed by atoms with Gasteiger partial charge in [0.25, 0.3) is 0 Å². The number of ether oxygens (including phenoxy) is 1. The van der Waals surface area contributed by atoms with Gasteiger partial charge in [-0.2, -0.15) is 0 Å². The van der Waals surface area contributed by atoms with Gasteiger partial charge in [-0.25, -0.2) is 0 Å².